The van der Waals surface area contributed by atoms with Crippen molar-refractivity contribution < 1.29 is 14.6 Å². The van der Waals surface area contributed by atoms with Gasteiger partial charge in [-0.15, -0.1) is 0 Å². The zero-order chi connectivity index (χ0) is 12.1. The van der Waals surface area contributed by atoms with Gasteiger partial charge in [0.15, 0.2) is 0 Å². The number of ether oxygens (including phenoxy) is 1. The summed E-state index contributed by atoms with van der Waals surface area (Å²) >= 11 is 5.84. The Balaban J connectivity index is 2.77. The smallest absolute Gasteiger partial charge is 0.305 e. The van der Waals surface area contributed by atoms with E-state index in [-0.39, 0.29) is 6.42 Å². The molecule has 0 spiro atoms. The normalized spacial score (nSPS) is 12.4. The number of methoxy groups -OCH3 is 1. The summed E-state index contributed by atoms with van der Waals surface area (Å²) in [5.41, 5.74) is 7.16. The average Bonchev–Trinajstić information content (AvgIpc) is 2.21. The van der Waals surface area contributed by atoms with Gasteiger partial charge in [0.05, 0.1) is 12.5 Å². The first kappa shape index (κ1) is 12.8. The van der Waals surface area contributed by atoms with Crippen LogP contribution >= 0.6 is 11.6 Å². The molecule has 0 aliphatic heterocycles. The Morgan fingerprint density at radius 1 is 1.62 bits per heavy atom. The Labute approximate surface area is 99.0 Å². The van der Waals surface area contributed by atoms with Crippen LogP contribution in [0.15, 0.2) is 18.2 Å². The number of carbonyl (C=O) groups is 1. The fraction of sp³-hybridized carbons (Fsp3) is 0.364. The lowest BCUT2D eigenvalue weighted by molar-refractivity contribution is -0.139. The van der Waals surface area contributed by atoms with Gasteiger partial charge in [-0.2, -0.15) is 0 Å². The lowest BCUT2D eigenvalue weighted by atomic mass is 10.0. The SMILES string of the molecule is COC(CC(=O)O)Cc1cc(Cl)ccc1N. The molecular formula is C11H14ClNO3. The van der Waals surface area contributed by atoms with Crippen molar-refractivity contribution >= 4 is 23.3 Å². The molecule has 0 heterocycles. The highest BCUT2D eigenvalue weighted by atomic mass is 35.5. The quantitative estimate of drug-likeness (QED) is 0.776. The van der Waals surface area contributed by atoms with Crippen molar-refractivity contribution in [3.8, 4) is 0 Å². The van der Waals surface area contributed by atoms with Crippen LogP contribution in [-0.4, -0.2) is 24.3 Å². The topological polar surface area (TPSA) is 72.5 Å². The fourth-order valence-electron chi connectivity index (χ4n) is 1.43. The van der Waals surface area contributed by atoms with Crippen molar-refractivity contribution in [2.75, 3.05) is 12.8 Å². The van der Waals surface area contributed by atoms with Gasteiger partial charge in [0.2, 0.25) is 0 Å². The first-order valence-corrected chi connectivity index (χ1v) is 5.19. The fourth-order valence-corrected chi connectivity index (χ4v) is 1.62. The van der Waals surface area contributed by atoms with Crippen LogP contribution in [0.3, 0.4) is 0 Å². The molecule has 1 rings (SSSR count). The van der Waals surface area contributed by atoms with Crippen LogP contribution in [0.5, 0.6) is 0 Å². The summed E-state index contributed by atoms with van der Waals surface area (Å²) in [4.78, 5) is 10.6. The highest BCUT2D eigenvalue weighted by Gasteiger charge is 2.14. The number of rotatable bonds is 5. The molecule has 0 fully saturated rings. The molecule has 0 aliphatic carbocycles. The molecule has 0 saturated heterocycles. The number of halogens is 1. The number of benzene rings is 1. The Bertz CT molecular complexity index is 381. The number of carboxylic acids is 1. The van der Waals surface area contributed by atoms with Gasteiger partial charge < -0.3 is 15.6 Å². The van der Waals surface area contributed by atoms with Crippen molar-refractivity contribution in [2.24, 2.45) is 0 Å². The minimum absolute atomic E-state index is 0.0531. The molecule has 0 radical (unpaired) electrons. The molecule has 0 amide bonds. The number of hydrogen-bond donors (Lipinski definition) is 2. The molecule has 88 valence electrons. The van der Waals surface area contributed by atoms with Crippen molar-refractivity contribution in [1.29, 1.82) is 0 Å². The van der Waals surface area contributed by atoms with Gasteiger partial charge in [-0.3, -0.25) is 4.79 Å². The van der Waals surface area contributed by atoms with E-state index in [4.69, 9.17) is 27.2 Å². The van der Waals surface area contributed by atoms with E-state index in [2.05, 4.69) is 0 Å². The maximum absolute atomic E-state index is 10.6. The number of anilines is 1. The predicted molar refractivity (Wildman–Crippen MR) is 62.6 cm³/mol. The standard InChI is InChI=1S/C11H14ClNO3/c1-16-9(6-11(14)15)5-7-4-8(12)2-3-10(7)13/h2-4,9H,5-6,13H2,1H3,(H,14,15). The molecule has 3 N–H and O–H groups in total. The van der Waals surface area contributed by atoms with Crippen LogP contribution in [0.4, 0.5) is 5.69 Å². The summed E-state index contributed by atoms with van der Waals surface area (Å²) in [7, 11) is 1.48. The van der Waals surface area contributed by atoms with Crippen molar-refractivity contribution in [1.82, 2.24) is 0 Å². The lowest BCUT2D eigenvalue weighted by Gasteiger charge is -2.14. The zero-order valence-electron chi connectivity index (χ0n) is 8.94. The van der Waals surface area contributed by atoms with E-state index in [0.717, 1.165) is 5.56 Å². The monoisotopic (exact) mass is 243 g/mol. The highest BCUT2D eigenvalue weighted by molar-refractivity contribution is 6.30. The van der Waals surface area contributed by atoms with E-state index in [9.17, 15) is 4.79 Å². The van der Waals surface area contributed by atoms with E-state index in [0.29, 0.717) is 17.1 Å². The molecule has 0 aliphatic rings. The molecular weight excluding hydrogens is 230 g/mol. The van der Waals surface area contributed by atoms with Crippen LogP contribution < -0.4 is 5.73 Å². The third kappa shape index (κ3) is 3.72. The number of hydrogen-bond acceptors (Lipinski definition) is 3. The predicted octanol–water partition coefficient (Wildman–Crippen LogP) is 1.95. The second kappa shape index (κ2) is 5.72. The molecule has 1 aromatic rings. The largest absolute Gasteiger partial charge is 0.481 e. The Kier molecular flexibility index (Phi) is 4.58. The number of carboxylic acid groups (broad SMARTS) is 1. The summed E-state index contributed by atoms with van der Waals surface area (Å²) in [5.74, 6) is -0.896. The zero-order valence-corrected chi connectivity index (χ0v) is 9.70. The van der Waals surface area contributed by atoms with Crippen LogP contribution in [0.25, 0.3) is 0 Å². The Hall–Kier alpha value is -1.26. The number of nitrogens with two attached hydrogens (primary N) is 1. The van der Waals surface area contributed by atoms with Gasteiger partial charge in [-0.1, -0.05) is 11.6 Å². The molecule has 0 saturated carbocycles. The van der Waals surface area contributed by atoms with E-state index in [1.807, 2.05) is 0 Å². The minimum Gasteiger partial charge on any atom is -0.481 e. The third-order valence-electron chi connectivity index (χ3n) is 2.29. The van der Waals surface area contributed by atoms with Crippen LogP contribution in [0.1, 0.15) is 12.0 Å². The Morgan fingerprint density at radius 3 is 2.88 bits per heavy atom. The summed E-state index contributed by atoms with van der Waals surface area (Å²) in [6.45, 7) is 0. The molecule has 1 aromatic carbocycles. The molecule has 0 aromatic heterocycles. The summed E-state index contributed by atoms with van der Waals surface area (Å²) < 4.78 is 5.08. The molecule has 16 heavy (non-hydrogen) atoms. The molecule has 4 nitrogen and oxygen atoms in total. The number of nitrogen functional groups attached to an aromatic ring is 1. The van der Waals surface area contributed by atoms with Crippen LogP contribution in [-0.2, 0) is 16.0 Å². The van der Waals surface area contributed by atoms with E-state index < -0.39 is 12.1 Å². The van der Waals surface area contributed by atoms with Gasteiger partial charge in [0.1, 0.15) is 0 Å². The average molecular weight is 244 g/mol. The maximum Gasteiger partial charge on any atom is 0.305 e. The Morgan fingerprint density at radius 2 is 2.31 bits per heavy atom. The molecule has 5 heteroatoms. The van der Waals surface area contributed by atoms with E-state index >= 15 is 0 Å². The second-order valence-corrected chi connectivity index (χ2v) is 3.94. The van der Waals surface area contributed by atoms with Crippen molar-refractivity contribution in [3.63, 3.8) is 0 Å². The summed E-state index contributed by atoms with van der Waals surface area (Å²) in [6, 6.07) is 5.12. The van der Waals surface area contributed by atoms with E-state index in [1.165, 1.54) is 7.11 Å². The lowest BCUT2D eigenvalue weighted by Crippen LogP contribution is -2.19. The molecule has 1 atom stereocenters. The summed E-state index contributed by atoms with van der Waals surface area (Å²) in [5, 5.41) is 9.26. The highest BCUT2D eigenvalue weighted by Crippen LogP contribution is 2.20. The van der Waals surface area contributed by atoms with Crippen LogP contribution in [0, 0.1) is 0 Å². The van der Waals surface area contributed by atoms with Gasteiger partial charge in [0, 0.05) is 24.2 Å². The van der Waals surface area contributed by atoms with Gasteiger partial charge in [-0.25, -0.2) is 0 Å². The summed E-state index contributed by atoms with van der Waals surface area (Å²) in [6.07, 6.45) is -0.00394. The minimum atomic E-state index is -0.896. The molecule has 1 unspecified atom stereocenters. The van der Waals surface area contributed by atoms with Gasteiger partial charge in [-0.05, 0) is 23.8 Å². The number of aliphatic carboxylic acids is 1. The van der Waals surface area contributed by atoms with Crippen molar-refractivity contribution in [2.45, 2.75) is 18.9 Å². The van der Waals surface area contributed by atoms with Gasteiger partial charge in [0.25, 0.3) is 0 Å². The third-order valence-corrected chi connectivity index (χ3v) is 2.52. The molecule has 0 bridgehead atoms. The van der Waals surface area contributed by atoms with E-state index in [1.54, 1.807) is 18.2 Å². The van der Waals surface area contributed by atoms with Crippen molar-refractivity contribution in [3.05, 3.63) is 28.8 Å². The van der Waals surface area contributed by atoms with Gasteiger partial charge >= 0.3 is 5.97 Å². The first-order valence-electron chi connectivity index (χ1n) is 4.81. The second-order valence-electron chi connectivity index (χ2n) is 3.50. The van der Waals surface area contributed by atoms with Crippen LogP contribution in [0.2, 0.25) is 5.02 Å². The first-order chi connectivity index (χ1) is 7.52. The maximum atomic E-state index is 10.6.